The van der Waals surface area contributed by atoms with Crippen LogP contribution in [0.3, 0.4) is 0 Å². The number of nitrogens with one attached hydrogen (secondary N) is 2. The van der Waals surface area contributed by atoms with Crippen molar-refractivity contribution >= 4 is 28.4 Å². The normalized spacial score (nSPS) is 13.6. The Morgan fingerprint density at radius 2 is 1.84 bits per heavy atom. The summed E-state index contributed by atoms with van der Waals surface area (Å²) in [4.78, 5) is 39.6. The van der Waals surface area contributed by atoms with E-state index in [9.17, 15) is 9.59 Å². The summed E-state index contributed by atoms with van der Waals surface area (Å²) in [6, 6.07) is 15.1. The van der Waals surface area contributed by atoms with Gasteiger partial charge in [-0.2, -0.15) is 0 Å². The van der Waals surface area contributed by atoms with Gasteiger partial charge in [0.2, 0.25) is 5.91 Å². The van der Waals surface area contributed by atoms with Crippen molar-refractivity contribution in [3.8, 4) is 11.3 Å². The van der Waals surface area contributed by atoms with E-state index in [-0.39, 0.29) is 17.9 Å². The molecule has 2 N–H and O–H groups in total. The zero-order valence-electron chi connectivity index (χ0n) is 17.6. The molecule has 0 aliphatic carbocycles. The van der Waals surface area contributed by atoms with Gasteiger partial charge >= 0.3 is 0 Å². The Kier molecular flexibility index (Phi) is 5.41. The van der Waals surface area contributed by atoms with Gasteiger partial charge in [0.1, 0.15) is 0 Å². The van der Waals surface area contributed by atoms with Gasteiger partial charge in [0.25, 0.3) is 5.56 Å². The fourth-order valence-corrected chi connectivity index (χ4v) is 4.12. The van der Waals surface area contributed by atoms with E-state index in [0.717, 1.165) is 48.2 Å². The van der Waals surface area contributed by atoms with Crippen LogP contribution in [0.25, 0.3) is 22.3 Å². The summed E-state index contributed by atoms with van der Waals surface area (Å²) in [5.41, 5.74) is 4.00. The number of hydrogen-bond acceptors (Lipinski definition) is 5. The Hall–Kier alpha value is -3.94. The average molecular weight is 428 g/mol. The van der Waals surface area contributed by atoms with E-state index in [4.69, 9.17) is 0 Å². The molecule has 1 aliphatic rings. The van der Waals surface area contributed by atoms with Crippen molar-refractivity contribution in [2.24, 2.45) is 0 Å². The molecule has 3 heterocycles. The predicted molar refractivity (Wildman–Crippen MR) is 125 cm³/mol. The average Bonchev–Trinajstić information content (AvgIpc) is 3.53. The van der Waals surface area contributed by atoms with Crippen molar-refractivity contribution in [3.05, 3.63) is 71.4 Å². The van der Waals surface area contributed by atoms with Gasteiger partial charge in [0.05, 0.1) is 29.3 Å². The molecule has 0 bridgehead atoms. The number of amides is 1. The second-order valence-corrected chi connectivity index (χ2v) is 7.92. The third-order valence-corrected chi connectivity index (χ3v) is 5.78. The Balaban J connectivity index is 1.33. The van der Waals surface area contributed by atoms with Gasteiger partial charge in [-0.15, -0.1) is 0 Å². The van der Waals surface area contributed by atoms with Gasteiger partial charge in [-0.25, -0.2) is 9.97 Å². The van der Waals surface area contributed by atoms with Crippen LogP contribution in [0.1, 0.15) is 19.3 Å². The number of benzene rings is 2. The van der Waals surface area contributed by atoms with Crippen molar-refractivity contribution < 1.29 is 4.79 Å². The number of hydrogen-bond donors (Lipinski definition) is 2. The monoisotopic (exact) mass is 428 g/mol. The standard InChI is InChI=1S/C24H24N6O2/c31-22(27-18-9-7-17(8-10-18)20-15-25-16-26-20)11-14-30-21-6-2-1-5-19(21)28-23(24(30)32)29-12-3-4-13-29/h1-2,5-10,15-16H,3-4,11-14H2,(H,25,26)(H,27,31). The molecular weight excluding hydrogens is 404 g/mol. The molecule has 32 heavy (non-hydrogen) atoms. The first kappa shape index (κ1) is 20.0. The Labute approximate surface area is 184 Å². The van der Waals surface area contributed by atoms with E-state index in [1.54, 1.807) is 17.1 Å². The molecule has 0 atom stereocenters. The van der Waals surface area contributed by atoms with Crippen molar-refractivity contribution in [1.82, 2.24) is 19.5 Å². The first-order valence-electron chi connectivity index (χ1n) is 10.8. The van der Waals surface area contributed by atoms with Gasteiger partial charge in [-0.05, 0) is 42.7 Å². The molecule has 2 aromatic heterocycles. The van der Waals surface area contributed by atoms with E-state index in [2.05, 4.69) is 20.3 Å². The van der Waals surface area contributed by atoms with E-state index in [1.807, 2.05) is 53.4 Å². The Bertz CT molecular complexity index is 1290. The minimum Gasteiger partial charge on any atom is -0.352 e. The molecule has 0 saturated carbocycles. The van der Waals surface area contributed by atoms with E-state index < -0.39 is 0 Å². The van der Waals surface area contributed by atoms with Gasteiger partial charge in [-0.1, -0.05) is 24.3 Å². The number of aromatic amines is 1. The van der Waals surface area contributed by atoms with Crippen molar-refractivity contribution in [2.75, 3.05) is 23.3 Å². The van der Waals surface area contributed by atoms with Crippen LogP contribution in [0.4, 0.5) is 11.5 Å². The molecule has 5 rings (SSSR count). The maximum atomic E-state index is 13.2. The maximum absolute atomic E-state index is 13.2. The lowest BCUT2D eigenvalue weighted by Gasteiger charge is -2.19. The number of H-pyrrole nitrogens is 1. The van der Waals surface area contributed by atoms with Gasteiger partial charge < -0.3 is 19.8 Å². The summed E-state index contributed by atoms with van der Waals surface area (Å²) in [5.74, 6) is 0.339. The number of para-hydroxylation sites is 2. The van der Waals surface area contributed by atoms with Crippen LogP contribution < -0.4 is 15.8 Å². The smallest absolute Gasteiger partial charge is 0.294 e. The van der Waals surface area contributed by atoms with Gasteiger partial charge in [-0.3, -0.25) is 9.59 Å². The fraction of sp³-hybridized carbons (Fsp3) is 0.250. The molecule has 2 aromatic carbocycles. The van der Waals surface area contributed by atoms with Crippen LogP contribution >= 0.6 is 0 Å². The zero-order chi connectivity index (χ0) is 21.9. The lowest BCUT2D eigenvalue weighted by atomic mass is 10.1. The summed E-state index contributed by atoms with van der Waals surface area (Å²) in [6.07, 6.45) is 5.70. The topological polar surface area (TPSA) is 95.9 Å². The number of anilines is 2. The Morgan fingerprint density at radius 1 is 1.06 bits per heavy atom. The highest BCUT2D eigenvalue weighted by Gasteiger charge is 2.20. The molecular formula is C24H24N6O2. The predicted octanol–water partition coefficient (Wildman–Crippen LogP) is 3.42. The number of fused-ring (bicyclic) bond motifs is 1. The third kappa shape index (κ3) is 3.99. The van der Waals surface area contributed by atoms with E-state index in [0.29, 0.717) is 18.1 Å². The van der Waals surface area contributed by atoms with Crippen LogP contribution in [-0.4, -0.2) is 38.5 Å². The summed E-state index contributed by atoms with van der Waals surface area (Å²) in [6.45, 7) is 1.98. The number of aryl methyl sites for hydroxylation is 1. The number of nitrogens with zero attached hydrogens (tertiary/aromatic N) is 4. The first-order chi connectivity index (χ1) is 15.7. The molecule has 4 aromatic rings. The molecule has 0 unspecified atom stereocenters. The quantitative estimate of drug-likeness (QED) is 0.491. The molecule has 1 amide bonds. The van der Waals surface area contributed by atoms with E-state index in [1.165, 1.54) is 0 Å². The highest BCUT2D eigenvalue weighted by atomic mass is 16.2. The van der Waals surface area contributed by atoms with Gasteiger partial charge in [0.15, 0.2) is 5.82 Å². The number of imidazole rings is 1. The minimum atomic E-state index is -0.144. The molecule has 0 spiro atoms. The molecule has 162 valence electrons. The molecule has 8 nitrogen and oxygen atoms in total. The SMILES string of the molecule is O=C(CCn1c(=O)c(N2CCCC2)nc2ccccc21)Nc1ccc(-c2cnc[nH]2)cc1. The first-order valence-corrected chi connectivity index (χ1v) is 10.8. The van der Waals surface area contributed by atoms with Crippen molar-refractivity contribution in [1.29, 1.82) is 0 Å². The summed E-state index contributed by atoms with van der Waals surface area (Å²) < 4.78 is 1.68. The third-order valence-electron chi connectivity index (χ3n) is 5.78. The van der Waals surface area contributed by atoms with Crippen LogP contribution in [0, 0.1) is 0 Å². The van der Waals surface area contributed by atoms with Crippen molar-refractivity contribution in [3.63, 3.8) is 0 Å². The number of rotatable bonds is 6. The highest BCUT2D eigenvalue weighted by Crippen LogP contribution is 2.20. The number of carbonyl (C=O) groups excluding carboxylic acids is 1. The van der Waals surface area contributed by atoms with Crippen LogP contribution in [0.15, 0.2) is 65.8 Å². The van der Waals surface area contributed by atoms with Crippen molar-refractivity contribution in [2.45, 2.75) is 25.8 Å². The molecule has 0 radical (unpaired) electrons. The van der Waals surface area contributed by atoms with Crippen LogP contribution in [0.2, 0.25) is 0 Å². The largest absolute Gasteiger partial charge is 0.352 e. The maximum Gasteiger partial charge on any atom is 0.294 e. The van der Waals surface area contributed by atoms with Crippen LogP contribution in [-0.2, 0) is 11.3 Å². The summed E-state index contributed by atoms with van der Waals surface area (Å²) >= 11 is 0. The number of carbonyl (C=O) groups is 1. The molecule has 1 fully saturated rings. The molecule has 1 aliphatic heterocycles. The van der Waals surface area contributed by atoms with Crippen LogP contribution in [0.5, 0.6) is 0 Å². The second-order valence-electron chi connectivity index (χ2n) is 7.92. The lowest BCUT2D eigenvalue weighted by molar-refractivity contribution is -0.116. The number of aromatic nitrogens is 4. The fourth-order valence-electron chi connectivity index (χ4n) is 4.12. The minimum absolute atomic E-state index is 0.137. The Morgan fingerprint density at radius 3 is 2.59 bits per heavy atom. The molecule has 8 heteroatoms. The summed E-state index contributed by atoms with van der Waals surface area (Å²) in [7, 11) is 0. The summed E-state index contributed by atoms with van der Waals surface area (Å²) in [5, 5.41) is 2.92. The second kappa shape index (κ2) is 8.66. The highest BCUT2D eigenvalue weighted by molar-refractivity contribution is 5.91. The van der Waals surface area contributed by atoms with E-state index >= 15 is 0 Å². The molecule has 1 saturated heterocycles. The lowest BCUT2D eigenvalue weighted by Crippen LogP contribution is -2.32. The van der Waals surface area contributed by atoms with Gasteiger partial charge in [0, 0.05) is 31.7 Å². The zero-order valence-corrected chi connectivity index (χ0v) is 17.6.